The molecular weight excluding hydrogens is 440 g/mol. The predicted octanol–water partition coefficient (Wildman–Crippen LogP) is 5.17. The van der Waals surface area contributed by atoms with E-state index >= 15 is 0 Å². The zero-order chi connectivity index (χ0) is 22.7. The molecule has 0 aliphatic rings. The maximum atomic E-state index is 13.5. The van der Waals surface area contributed by atoms with Gasteiger partial charge in [-0.1, -0.05) is 55.9 Å². The predicted molar refractivity (Wildman–Crippen MR) is 130 cm³/mol. The van der Waals surface area contributed by atoms with Gasteiger partial charge in [-0.05, 0) is 41.1 Å². The first kappa shape index (κ1) is 21.8. The summed E-state index contributed by atoms with van der Waals surface area (Å²) >= 11 is 2.50. The first-order valence-electron chi connectivity index (χ1n) is 10.0. The highest BCUT2D eigenvalue weighted by atomic mass is 32.2. The van der Waals surface area contributed by atoms with E-state index in [9.17, 15) is 9.59 Å². The van der Waals surface area contributed by atoms with Crippen LogP contribution >= 0.6 is 23.1 Å². The molecule has 2 aromatic carbocycles. The van der Waals surface area contributed by atoms with Gasteiger partial charge in [-0.15, -0.1) is 11.3 Å². The fourth-order valence-electron chi connectivity index (χ4n) is 3.39. The molecule has 4 aromatic rings. The summed E-state index contributed by atoms with van der Waals surface area (Å²) in [6.45, 7) is 4.15. The van der Waals surface area contributed by atoms with Gasteiger partial charge in [-0.3, -0.25) is 14.2 Å². The van der Waals surface area contributed by atoms with Crippen molar-refractivity contribution in [3.63, 3.8) is 0 Å². The average Bonchev–Trinajstić information content (AvgIpc) is 3.25. The Labute approximate surface area is 193 Å². The molecule has 0 radical (unpaired) electrons. The number of carbonyl (C=O) groups is 1. The van der Waals surface area contributed by atoms with E-state index in [0.29, 0.717) is 26.6 Å². The van der Waals surface area contributed by atoms with Crippen LogP contribution in [0.3, 0.4) is 0 Å². The van der Waals surface area contributed by atoms with Gasteiger partial charge >= 0.3 is 0 Å². The van der Waals surface area contributed by atoms with Gasteiger partial charge in [0.2, 0.25) is 5.91 Å². The number of carbonyl (C=O) groups excluding carboxylic acids is 1. The Morgan fingerprint density at radius 3 is 2.72 bits per heavy atom. The number of aromatic nitrogens is 2. The van der Waals surface area contributed by atoms with Crippen molar-refractivity contribution in [1.82, 2.24) is 9.55 Å². The second-order valence-electron chi connectivity index (χ2n) is 7.38. The molecule has 0 atom stereocenters. The van der Waals surface area contributed by atoms with Crippen molar-refractivity contribution in [3.8, 4) is 11.8 Å². The lowest BCUT2D eigenvalue weighted by Gasteiger charge is -2.18. The minimum Gasteiger partial charge on any atom is -0.316 e. The molecule has 0 bridgehead atoms. The van der Waals surface area contributed by atoms with Crippen molar-refractivity contribution in [2.75, 3.05) is 11.1 Å². The summed E-state index contributed by atoms with van der Waals surface area (Å²) in [5.74, 6) is -0.00814. The van der Waals surface area contributed by atoms with E-state index < -0.39 is 0 Å². The van der Waals surface area contributed by atoms with Crippen molar-refractivity contribution in [2.45, 2.75) is 24.9 Å². The third-order valence-electron chi connectivity index (χ3n) is 4.92. The van der Waals surface area contributed by atoms with Crippen molar-refractivity contribution in [1.29, 1.82) is 5.26 Å². The van der Waals surface area contributed by atoms with Crippen LogP contribution < -0.4 is 10.9 Å². The molecule has 4 rings (SSSR count). The highest BCUT2D eigenvalue weighted by Crippen LogP contribution is 2.28. The van der Waals surface area contributed by atoms with Crippen LogP contribution in [0.2, 0.25) is 0 Å². The Kier molecular flexibility index (Phi) is 6.40. The third-order valence-corrected chi connectivity index (χ3v) is 6.68. The molecule has 1 amide bonds. The van der Waals surface area contributed by atoms with Gasteiger partial charge in [-0.25, -0.2) is 4.98 Å². The number of nitrogens with one attached hydrogen (secondary N) is 1. The van der Waals surface area contributed by atoms with Gasteiger partial charge in [0.1, 0.15) is 11.1 Å². The van der Waals surface area contributed by atoms with Crippen molar-refractivity contribution >= 4 is 44.9 Å². The Hall–Kier alpha value is -3.41. The van der Waals surface area contributed by atoms with E-state index in [1.165, 1.54) is 23.1 Å². The summed E-state index contributed by atoms with van der Waals surface area (Å²) in [6, 6.07) is 18.7. The molecule has 0 aliphatic carbocycles. The summed E-state index contributed by atoms with van der Waals surface area (Å²) in [5.41, 5.74) is 2.63. The first-order chi connectivity index (χ1) is 15.5. The lowest BCUT2D eigenvalue weighted by molar-refractivity contribution is -0.113. The summed E-state index contributed by atoms with van der Waals surface area (Å²) in [7, 11) is 0. The maximum absolute atomic E-state index is 13.5. The molecular formula is C24H20N4O2S2. The van der Waals surface area contributed by atoms with Crippen molar-refractivity contribution < 1.29 is 4.79 Å². The topological polar surface area (TPSA) is 87.8 Å². The standard InChI is InChI=1S/C24H20N4O2S2/c1-15(2)17-7-4-6-10-20(17)28-23(30)18-8-3-5-9-19(18)26-24(28)32-14-21(29)27-22-16(13-25)11-12-31-22/h3-12,15H,14H2,1-2H3,(H,27,29). The molecule has 0 aliphatic heterocycles. The Bertz CT molecular complexity index is 1400. The highest BCUT2D eigenvalue weighted by molar-refractivity contribution is 7.99. The Balaban J connectivity index is 1.74. The number of thioether (sulfide) groups is 1. The molecule has 160 valence electrons. The molecule has 0 saturated heterocycles. The molecule has 0 saturated carbocycles. The molecule has 6 nitrogen and oxygen atoms in total. The third kappa shape index (κ3) is 4.31. The summed E-state index contributed by atoms with van der Waals surface area (Å²) < 4.78 is 1.60. The lowest BCUT2D eigenvalue weighted by atomic mass is 10.0. The van der Waals surface area contributed by atoms with Gasteiger partial charge < -0.3 is 5.32 Å². The van der Waals surface area contributed by atoms with Crippen molar-refractivity contribution in [2.24, 2.45) is 0 Å². The van der Waals surface area contributed by atoms with Crippen LogP contribution in [0.1, 0.15) is 30.9 Å². The molecule has 2 heterocycles. The number of nitriles is 1. The molecule has 2 aromatic heterocycles. The maximum Gasteiger partial charge on any atom is 0.266 e. The molecule has 0 spiro atoms. The number of thiophene rings is 1. The normalized spacial score (nSPS) is 10.9. The average molecular weight is 461 g/mol. The largest absolute Gasteiger partial charge is 0.316 e. The summed E-state index contributed by atoms with van der Waals surface area (Å²) in [5, 5.41) is 15.2. The van der Waals surface area contributed by atoms with E-state index in [0.717, 1.165) is 11.3 Å². The number of amides is 1. The van der Waals surface area contributed by atoms with E-state index in [4.69, 9.17) is 10.2 Å². The second-order valence-corrected chi connectivity index (χ2v) is 9.24. The van der Waals surface area contributed by atoms with Gasteiger partial charge in [-0.2, -0.15) is 5.26 Å². The number of anilines is 1. The Morgan fingerprint density at radius 2 is 1.94 bits per heavy atom. The number of hydrogen-bond acceptors (Lipinski definition) is 6. The van der Waals surface area contributed by atoms with Crippen molar-refractivity contribution in [3.05, 3.63) is 81.5 Å². The SMILES string of the molecule is CC(C)c1ccccc1-n1c(SCC(=O)Nc2sccc2C#N)nc2ccccc2c1=O. The monoisotopic (exact) mass is 460 g/mol. The highest BCUT2D eigenvalue weighted by Gasteiger charge is 2.18. The lowest BCUT2D eigenvalue weighted by Crippen LogP contribution is -2.24. The van der Waals surface area contributed by atoms with Gasteiger partial charge in [0, 0.05) is 0 Å². The van der Waals surface area contributed by atoms with Crippen LogP contribution in [-0.4, -0.2) is 21.2 Å². The number of benzene rings is 2. The minimum atomic E-state index is -0.264. The smallest absolute Gasteiger partial charge is 0.266 e. The number of hydrogen-bond donors (Lipinski definition) is 1. The van der Waals surface area contributed by atoms with Crippen LogP contribution in [0, 0.1) is 11.3 Å². The van der Waals surface area contributed by atoms with Crippen LogP contribution in [0.5, 0.6) is 0 Å². The number of fused-ring (bicyclic) bond motifs is 1. The van der Waals surface area contributed by atoms with Crippen LogP contribution in [0.25, 0.3) is 16.6 Å². The van der Waals surface area contributed by atoms with Crippen LogP contribution in [0.15, 0.2) is 69.9 Å². The van der Waals surface area contributed by atoms with E-state index in [1.807, 2.05) is 36.4 Å². The molecule has 8 heteroatoms. The van der Waals surface area contributed by atoms with E-state index in [2.05, 4.69) is 25.2 Å². The number of nitrogens with zero attached hydrogens (tertiary/aromatic N) is 3. The zero-order valence-electron chi connectivity index (χ0n) is 17.5. The number of para-hydroxylation sites is 2. The summed E-state index contributed by atoms with van der Waals surface area (Å²) in [6.07, 6.45) is 0. The number of rotatable bonds is 6. The van der Waals surface area contributed by atoms with E-state index in [-0.39, 0.29) is 23.1 Å². The van der Waals surface area contributed by atoms with Gasteiger partial charge in [0.25, 0.3) is 5.56 Å². The molecule has 1 N–H and O–H groups in total. The first-order valence-corrected chi connectivity index (χ1v) is 11.9. The molecule has 0 unspecified atom stereocenters. The fourth-order valence-corrected chi connectivity index (χ4v) is 4.95. The molecule has 32 heavy (non-hydrogen) atoms. The minimum absolute atomic E-state index is 0.0530. The second kappa shape index (κ2) is 9.39. The van der Waals surface area contributed by atoms with Gasteiger partial charge in [0.05, 0.1) is 27.9 Å². The van der Waals surface area contributed by atoms with Gasteiger partial charge in [0.15, 0.2) is 5.16 Å². The molecule has 0 fully saturated rings. The fraction of sp³-hybridized carbons (Fsp3) is 0.167. The van der Waals surface area contributed by atoms with E-state index in [1.54, 1.807) is 28.1 Å². The van der Waals surface area contributed by atoms with Crippen LogP contribution in [-0.2, 0) is 4.79 Å². The quantitative estimate of drug-likeness (QED) is 0.317. The summed E-state index contributed by atoms with van der Waals surface area (Å²) in [4.78, 5) is 30.8. The Morgan fingerprint density at radius 1 is 1.19 bits per heavy atom. The van der Waals surface area contributed by atoms with Crippen LogP contribution in [0.4, 0.5) is 5.00 Å². The zero-order valence-corrected chi connectivity index (χ0v) is 19.2.